The van der Waals surface area contributed by atoms with E-state index in [0.29, 0.717) is 6.04 Å². The van der Waals surface area contributed by atoms with Gasteiger partial charge in [0.2, 0.25) is 0 Å². The third-order valence-electron chi connectivity index (χ3n) is 4.17. The van der Waals surface area contributed by atoms with Gasteiger partial charge in [0, 0.05) is 18.6 Å². The zero-order valence-electron chi connectivity index (χ0n) is 12.4. The number of aryl methyl sites for hydroxylation is 1. The van der Waals surface area contributed by atoms with Gasteiger partial charge in [0.1, 0.15) is 0 Å². The first-order chi connectivity index (χ1) is 9.27. The van der Waals surface area contributed by atoms with Crippen molar-refractivity contribution in [3.63, 3.8) is 0 Å². The Morgan fingerprint density at radius 2 is 1.95 bits per heavy atom. The monoisotopic (exact) mass is 260 g/mol. The minimum Gasteiger partial charge on any atom is -0.315 e. The third kappa shape index (κ3) is 5.33. The Morgan fingerprint density at radius 3 is 2.63 bits per heavy atom. The van der Waals surface area contributed by atoms with Gasteiger partial charge in [-0.05, 0) is 58.2 Å². The van der Waals surface area contributed by atoms with Gasteiger partial charge in [-0.2, -0.15) is 0 Å². The van der Waals surface area contributed by atoms with E-state index >= 15 is 0 Å². The van der Waals surface area contributed by atoms with Gasteiger partial charge in [-0.3, -0.25) is 4.90 Å². The molecule has 0 radical (unpaired) electrons. The number of nitrogens with zero attached hydrogens (tertiary/aromatic N) is 1. The maximum Gasteiger partial charge on any atom is 0.0192 e. The van der Waals surface area contributed by atoms with Gasteiger partial charge in [-0.15, -0.1) is 0 Å². The molecule has 1 unspecified atom stereocenters. The van der Waals surface area contributed by atoms with Crippen LogP contribution in [-0.4, -0.2) is 37.1 Å². The van der Waals surface area contributed by atoms with Crippen LogP contribution in [0.25, 0.3) is 0 Å². The Balaban J connectivity index is 1.48. The molecule has 2 heteroatoms. The van der Waals surface area contributed by atoms with Crippen molar-refractivity contribution in [1.82, 2.24) is 10.2 Å². The number of hydrogen-bond acceptors (Lipinski definition) is 2. The van der Waals surface area contributed by atoms with E-state index in [1.54, 1.807) is 0 Å². The predicted octanol–water partition coefficient (Wildman–Crippen LogP) is 3.08. The number of benzene rings is 1. The molecule has 1 aliphatic rings. The smallest absolute Gasteiger partial charge is 0.0192 e. The van der Waals surface area contributed by atoms with Crippen LogP contribution in [0, 0.1) is 0 Å². The lowest BCUT2D eigenvalue weighted by Gasteiger charge is -2.24. The van der Waals surface area contributed by atoms with E-state index in [0.717, 1.165) is 19.1 Å². The molecule has 1 aliphatic carbocycles. The Morgan fingerprint density at radius 1 is 1.21 bits per heavy atom. The van der Waals surface area contributed by atoms with E-state index < -0.39 is 0 Å². The first-order valence-electron chi connectivity index (χ1n) is 7.74. The molecule has 2 rings (SSSR count). The second-order valence-corrected chi connectivity index (χ2v) is 5.89. The third-order valence-corrected chi connectivity index (χ3v) is 4.17. The summed E-state index contributed by atoms with van der Waals surface area (Å²) in [5.74, 6) is 0. The van der Waals surface area contributed by atoms with Crippen molar-refractivity contribution in [2.45, 2.75) is 51.1 Å². The fourth-order valence-corrected chi connectivity index (χ4v) is 2.52. The van der Waals surface area contributed by atoms with E-state index in [1.165, 1.54) is 37.7 Å². The van der Waals surface area contributed by atoms with E-state index in [4.69, 9.17) is 0 Å². The lowest BCUT2D eigenvalue weighted by Crippen LogP contribution is -2.39. The summed E-state index contributed by atoms with van der Waals surface area (Å²) in [4.78, 5) is 2.52. The van der Waals surface area contributed by atoms with Crippen molar-refractivity contribution in [2.75, 3.05) is 20.1 Å². The Bertz CT molecular complexity index is 346. The fourth-order valence-electron chi connectivity index (χ4n) is 2.52. The first kappa shape index (κ1) is 14.5. The fraction of sp³-hybridized carbons (Fsp3) is 0.647. The molecule has 0 aromatic heterocycles. The molecule has 0 amide bonds. The second-order valence-electron chi connectivity index (χ2n) is 5.89. The number of hydrogen-bond donors (Lipinski definition) is 1. The lowest BCUT2D eigenvalue weighted by atomic mass is 10.1. The predicted molar refractivity (Wildman–Crippen MR) is 82.5 cm³/mol. The zero-order chi connectivity index (χ0) is 13.5. The molecule has 1 N–H and O–H groups in total. The molecule has 1 aromatic carbocycles. The van der Waals surface area contributed by atoms with Gasteiger partial charge < -0.3 is 5.32 Å². The van der Waals surface area contributed by atoms with Crippen molar-refractivity contribution in [3.05, 3.63) is 35.9 Å². The SMILES string of the molecule is CC(CNCCCCc1ccccc1)N(C)C1CC1. The molecule has 1 atom stereocenters. The van der Waals surface area contributed by atoms with Crippen LogP contribution in [-0.2, 0) is 6.42 Å². The minimum absolute atomic E-state index is 0.668. The number of rotatable bonds is 9. The van der Waals surface area contributed by atoms with Gasteiger partial charge >= 0.3 is 0 Å². The van der Waals surface area contributed by atoms with Gasteiger partial charge in [0.05, 0.1) is 0 Å². The molecule has 1 saturated carbocycles. The molecule has 0 spiro atoms. The van der Waals surface area contributed by atoms with E-state index in [1.807, 2.05) is 0 Å². The molecule has 0 heterocycles. The Kier molecular flexibility index (Phi) is 5.87. The molecule has 106 valence electrons. The van der Waals surface area contributed by atoms with Crippen molar-refractivity contribution in [2.24, 2.45) is 0 Å². The highest BCUT2D eigenvalue weighted by molar-refractivity contribution is 5.14. The highest BCUT2D eigenvalue weighted by Gasteiger charge is 2.28. The van der Waals surface area contributed by atoms with Crippen LogP contribution >= 0.6 is 0 Å². The normalized spacial score (nSPS) is 16.8. The summed E-state index contributed by atoms with van der Waals surface area (Å²) in [6, 6.07) is 12.3. The maximum atomic E-state index is 3.59. The molecule has 1 aromatic rings. The van der Waals surface area contributed by atoms with E-state index in [-0.39, 0.29) is 0 Å². The molecule has 0 saturated heterocycles. The first-order valence-corrected chi connectivity index (χ1v) is 7.74. The van der Waals surface area contributed by atoms with Crippen LogP contribution in [0.3, 0.4) is 0 Å². The topological polar surface area (TPSA) is 15.3 Å². The average Bonchev–Trinajstić information content (AvgIpc) is 3.27. The largest absolute Gasteiger partial charge is 0.315 e. The highest BCUT2D eigenvalue weighted by Crippen LogP contribution is 2.26. The lowest BCUT2D eigenvalue weighted by molar-refractivity contribution is 0.241. The Labute approximate surface area is 118 Å². The van der Waals surface area contributed by atoms with Crippen LogP contribution in [0.5, 0.6) is 0 Å². The summed E-state index contributed by atoms with van der Waals surface area (Å²) in [6.45, 7) is 4.60. The summed E-state index contributed by atoms with van der Waals surface area (Å²) >= 11 is 0. The van der Waals surface area contributed by atoms with Crippen LogP contribution in [0.15, 0.2) is 30.3 Å². The second kappa shape index (κ2) is 7.66. The zero-order valence-corrected chi connectivity index (χ0v) is 12.4. The van der Waals surface area contributed by atoms with Crippen molar-refractivity contribution >= 4 is 0 Å². The number of unbranched alkanes of at least 4 members (excludes halogenated alkanes) is 1. The summed E-state index contributed by atoms with van der Waals surface area (Å²) in [5.41, 5.74) is 1.46. The highest BCUT2D eigenvalue weighted by atomic mass is 15.2. The summed E-state index contributed by atoms with van der Waals surface area (Å²) in [5, 5.41) is 3.59. The quantitative estimate of drug-likeness (QED) is 0.686. The van der Waals surface area contributed by atoms with Crippen molar-refractivity contribution in [3.8, 4) is 0 Å². The maximum absolute atomic E-state index is 3.59. The molecule has 1 fully saturated rings. The summed E-state index contributed by atoms with van der Waals surface area (Å²) in [7, 11) is 2.26. The number of likely N-dealkylation sites (N-methyl/N-ethyl adjacent to an activating group) is 1. The van der Waals surface area contributed by atoms with Gasteiger partial charge in [0.15, 0.2) is 0 Å². The number of nitrogens with one attached hydrogen (secondary N) is 1. The molecular weight excluding hydrogens is 232 g/mol. The van der Waals surface area contributed by atoms with Gasteiger partial charge in [-0.25, -0.2) is 0 Å². The molecule has 2 nitrogen and oxygen atoms in total. The van der Waals surface area contributed by atoms with Crippen LogP contribution in [0.1, 0.15) is 38.2 Å². The van der Waals surface area contributed by atoms with Crippen molar-refractivity contribution in [1.29, 1.82) is 0 Å². The van der Waals surface area contributed by atoms with Gasteiger partial charge in [-0.1, -0.05) is 30.3 Å². The van der Waals surface area contributed by atoms with Crippen molar-refractivity contribution < 1.29 is 0 Å². The molecule has 19 heavy (non-hydrogen) atoms. The average molecular weight is 260 g/mol. The summed E-state index contributed by atoms with van der Waals surface area (Å²) in [6.07, 6.45) is 6.56. The van der Waals surface area contributed by atoms with Gasteiger partial charge in [0.25, 0.3) is 0 Å². The molecule has 0 bridgehead atoms. The standard InChI is InChI=1S/C17H28N2/c1-15(19(2)17-11-12-17)14-18-13-7-6-10-16-8-4-3-5-9-16/h3-5,8-9,15,17-18H,6-7,10-14H2,1-2H3. The van der Waals surface area contributed by atoms with Crippen LogP contribution in [0.2, 0.25) is 0 Å². The van der Waals surface area contributed by atoms with E-state index in [2.05, 4.69) is 54.5 Å². The van der Waals surface area contributed by atoms with Crippen LogP contribution < -0.4 is 5.32 Å². The Hall–Kier alpha value is -0.860. The summed E-state index contributed by atoms with van der Waals surface area (Å²) < 4.78 is 0. The minimum atomic E-state index is 0.668. The van der Waals surface area contributed by atoms with Crippen LogP contribution in [0.4, 0.5) is 0 Å². The van der Waals surface area contributed by atoms with E-state index in [9.17, 15) is 0 Å². The molecule has 0 aliphatic heterocycles. The molecular formula is C17H28N2.